The van der Waals surface area contributed by atoms with Crippen molar-refractivity contribution >= 4 is 10.0 Å². The van der Waals surface area contributed by atoms with Gasteiger partial charge in [0.25, 0.3) is 5.89 Å². The molecule has 7 nitrogen and oxygen atoms in total. The van der Waals surface area contributed by atoms with Crippen LogP contribution in [0.15, 0.2) is 33.7 Å². The van der Waals surface area contributed by atoms with Crippen LogP contribution in [-0.4, -0.2) is 37.2 Å². The number of hydrogen-bond donors (Lipinski definition) is 2. The average Bonchev–Trinajstić information content (AvgIpc) is 2.93. The Balaban J connectivity index is 2.18. The van der Waals surface area contributed by atoms with Crippen LogP contribution in [0.25, 0.3) is 11.5 Å². The van der Waals surface area contributed by atoms with Crippen LogP contribution in [-0.2, 0) is 16.4 Å². The van der Waals surface area contributed by atoms with Gasteiger partial charge in [-0.05, 0) is 59.0 Å². The standard InChI is InChI=1S/C16H24N4O3S/c1-11(17-5)10-14-18-15(23-19-14)12-6-8-13(9-7-12)24(21,22)20-16(2,3)4/h6-9,11,17,20H,10H2,1-5H3. The van der Waals surface area contributed by atoms with E-state index in [9.17, 15) is 8.42 Å². The van der Waals surface area contributed by atoms with Crippen LogP contribution in [0.1, 0.15) is 33.5 Å². The number of likely N-dealkylation sites (N-methyl/N-ethyl adjacent to an activating group) is 1. The van der Waals surface area contributed by atoms with Crippen molar-refractivity contribution in [1.29, 1.82) is 0 Å². The lowest BCUT2D eigenvalue weighted by Crippen LogP contribution is -2.40. The fourth-order valence-corrected chi connectivity index (χ4v) is 3.49. The predicted octanol–water partition coefficient (Wildman–Crippen LogP) is 1.96. The van der Waals surface area contributed by atoms with Gasteiger partial charge in [-0.3, -0.25) is 0 Å². The SMILES string of the molecule is CNC(C)Cc1noc(-c2ccc(S(=O)(=O)NC(C)(C)C)cc2)n1. The summed E-state index contributed by atoms with van der Waals surface area (Å²) in [7, 11) is -1.68. The molecule has 1 unspecified atom stereocenters. The highest BCUT2D eigenvalue weighted by Gasteiger charge is 2.22. The molecule has 0 saturated carbocycles. The summed E-state index contributed by atoms with van der Waals surface area (Å²) in [6.07, 6.45) is 0.655. The number of rotatable bonds is 6. The molecule has 8 heteroatoms. The Bertz CT molecular complexity index is 776. The highest BCUT2D eigenvalue weighted by molar-refractivity contribution is 7.89. The molecule has 2 N–H and O–H groups in total. The first kappa shape index (κ1) is 18.6. The monoisotopic (exact) mass is 352 g/mol. The molecule has 2 rings (SSSR count). The van der Waals surface area contributed by atoms with Crippen LogP contribution in [0.5, 0.6) is 0 Å². The van der Waals surface area contributed by atoms with E-state index in [0.29, 0.717) is 23.7 Å². The smallest absolute Gasteiger partial charge is 0.257 e. The van der Waals surface area contributed by atoms with Gasteiger partial charge in [0.15, 0.2) is 5.82 Å². The number of aromatic nitrogens is 2. The zero-order valence-corrected chi connectivity index (χ0v) is 15.4. The van der Waals surface area contributed by atoms with Crippen molar-refractivity contribution in [2.24, 2.45) is 0 Å². The second-order valence-electron chi connectivity index (χ2n) is 6.79. The largest absolute Gasteiger partial charge is 0.334 e. The summed E-state index contributed by atoms with van der Waals surface area (Å²) in [5.74, 6) is 0.985. The first-order valence-electron chi connectivity index (χ1n) is 7.75. The third-order valence-corrected chi connectivity index (χ3v) is 5.08. The number of nitrogens with one attached hydrogen (secondary N) is 2. The van der Waals surface area contributed by atoms with Crippen LogP contribution in [0.4, 0.5) is 0 Å². The van der Waals surface area contributed by atoms with Gasteiger partial charge < -0.3 is 9.84 Å². The maximum atomic E-state index is 12.3. The quantitative estimate of drug-likeness (QED) is 0.825. The average molecular weight is 352 g/mol. The molecule has 0 aliphatic carbocycles. The van der Waals surface area contributed by atoms with E-state index >= 15 is 0 Å². The molecule has 1 aromatic carbocycles. The minimum absolute atomic E-state index is 0.199. The second kappa shape index (κ2) is 7.00. The Morgan fingerprint density at radius 1 is 1.21 bits per heavy atom. The lowest BCUT2D eigenvalue weighted by Gasteiger charge is -2.20. The molecule has 0 bridgehead atoms. The molecule has 0 amide bonds. The highest BCUT2D eigenvalue weighted by atomic mass is 32.2. The van der Waals surface area contributed by atoms with Crippen LogP contribution < -0.4 is 10.0 Å². The van der Waals surface area contributed by atoms with E-state index in [1.54, 1.807) is 32.9 Å². The van der Waals surface area contributed by atoms with Gasteiger partial charge in [0.05, 0.1) is 4.90 Å². The van der Waals surface area contributed by atoms with Crippen LogP contribution in [0.2, 0.25) is 0 Å². The lowest BCUT2D eigenvalue weighted by atomic mass is 10.1. The molecular weight excluding hydrogens is 328 g/mol. The van der Waals surface area contributed by atoms with Crippen molar-refractivity contribution < 1.29 is 12.9 Å². The van der Waals surface area contributed by atoms with E-state index in [0.717, 1.165) is 0 Å². The van der Waals surface area contributed by atoms with Crippen molar-refractivity contribution in [3.8, 4) is 11.5 Å². The van der Waals surface area contributed by atoms with Crippen molar-refractivity contribution in [2.75, 3.05) is 7.05 Å². The van der Waals surface area contributed by atoms with Gasteiger partial charge in [0.1, 0.15) is 0 Å². The van der Waals surface area contributed by atoms with Gasteiger partial charge >= 0.3 is 0 Å². The maximum absolute atomic E-state index is 12.3. The van der Waals surface area contributed by atoms with Crippen molar-refractivity contribution in [2.45, 2.75) is 50.6 Å². The molecule has 0 radical (unpaired) electrons. The number of benzene rings is 1. The summed E-state index contributed by atoms with van der Waals surface area (Å²) in [4.78, 5) is 4.54. The minimum Gasteiger partial charge on any atom is -0.334 e. The number of sulfonamides is 1. The Kier molecular flexibility index (Phi) is 5.42. The summed E-state index contributed by atoms with van der Waals surface area (Å²) < 4.78 is 32.4. The van der Waals surface area contributed by atoms with Crippen LogP contribution in [0.3, 0.4) is 0 Å². The van der Waals surface area contributed by atoms with E-state index < -0.39 is 15.6 Å². The van der Waals surface area contributed by atoms with Gasteiger partial charge in [-0.1, -0.05) is 5.16 Å². The molecule has 1 aromatic heterocycles. The van der Waals surface area contributed by atoms with Gasteiger partial charge in [0, 0.05) is 23.6 Å². The van der Waals surface area contributed by atoms with Crippen LogP contribution >= 0.6 is 0 Å². The van der Waals surface area contributed by atoms with Gasteiger partial charge in [-0.2, -0.15) is 4.98 Å². The third-order valence-electron chi connectivity index (χ3n) is 3.30. The summed E-state index contributed by atoms with van der Waals surface area (Å²) in [5, 5.41) is 7.05. The zero-order valence-electron chi connectivity index (χ0n) is 14.6. The Labute approximate surface area is 142 Å². The zero-order chi connectivity index (χ0) is 18.0. The maximum Gasteiger partial charge on any atom is 0.257 e. The van der Waals surface area contributed by atoms with Crippen LogP contribution in [0, 0.1) is 0 Å². The predicted molar refractivity (Wildman–Crippen MR) is 92.0 cm³/mol. The molecule has 1 heterocycles. The number of hydrogen-bond acceptors (Lipinski definition) is 6. The van der Waals surface area contributed by atoms with E-state index in [1.165, 1.54) is 12.1 Å². The second-order valence-corrected chi connectivity index (χ2v) is 8.47. The normalized spacial score (nSPS) is 13.9. The molecule has 0 aliphatic heterocycles. The molecule has 0 fully saturated rings. The van der Waals surface area contributed by atoms with Crippen molar-refractivity contribution in [3.05, 3.63) is 30.1 Å². The molecule has 2 aromatic rings. The molecule has 1 atom stereocenters. The summed E-state index contributed by atoms with van der Waals surface area (Å²) in [6, 6.07) is 6.63. The molecule has 0 saturated heterocycles. The Morgan fingerprint density at radius 3 is 2.38 bits per heavy atom. The van der Waals surface area contributed by atoms with Crippen molar-refractivity contribution in [3.63, 3.8) is 0 Å². The van der Waals surface area contributed by atoms with Gasteiger partial charge in [0.2, 0.25) is 10.0 Å². The summed E-state index contributed by atoms with van der Waals surface area (Å²) in [5.41, 5.74) is 0.142. The summed E-state index contributed by atoms with van der Waals surface area (Å²) >= 11 is 0. The summed E-state index contributed by atoms with van der Waals surface area (Å²) in [6.45, 7) is 7.42. The van der Waals surface area contributed by atoms with E-state index in [-0.39, 0.29) is 10.9 Å². The van der Waals surface area contributed by atoms with E-state index in [4.69, 9.17) is 4.52 Å². The molecule has 0 spiro atoms. The molecule has 24 heavy (non-hydrogen) atoms. The fraction of sp³-hybridized carbons (Fsp3) is 0.500. The Morgan fingerprint density at radius 2 is 1.83 bits per heavy atom. The topological polar surface area (TPSA) is 97.1 Å². The first-order chi connectivity index (χ1) is 11.1. The minimum atomic E-state index is -3.56. The molecular formula is C16H24N4O3S. The van der Waals surface area contributed by atoms with Crippen molar-refractivity contribution in [1.82, 2.24) is 20.2 Å². The third kappa shape index (κ3) is 4.86. The fourth-order valence-electron chi connectivity index (χ4n) is 2.07. The first-order valence-corrected chi connectivity index (χ1v) is 9.23. The highest BCUT2D eigenvalue weighted by Crippen LogP contribution is 2.21. The number of nitrogens with zero attached hydrogens (tertiary/aromatic N) is 2. The van der Waals surface area contributed by atoms with E-state index in [1.807, 2.05) is 14.0 Å². The molecule has 0 aliphatic rings. The van der Waals surface area contributed by atoms with Gasteiger partial charge in [-0.15, -0.1) is 0 Å². The van der Waals surface area contributed by atoms with E-state index in [2.05, 4.69) is 20.2 Å². The lowest BCUT2D eigenvalue weighted by molar-refractivity contribution is 0.418. The molecule has 132 valence electrons. The van der Waals surface area contributed by atoms with Gasteiger partial charge in [-0.25, -0.2) is 13.1 Å². The Hall–Kier alpha value is -1.77.